The molecule has 0 fully saturated rings. The van der Waals surface area contributed by atoms with Crippen molar-refractivity contribution in [3.8, 4) is 0 Å². The standard InChI is InChI=1S/C22H24FN6OP/c1-24-21(30)14-8-9-17(16(23)12-14)28-22(15-10-11-25-20(15)26-13-27-22)29-18-6-4-5-7-19(18)31(2)3/h4-13,25,28-29H,1-3H3,(H,24,30)(H,26,27). The molecule has 0 aliphatic carbocycles. The number of para-hydroxylation sites is 1. The van der Waals surface area contributed by atoms with Crippen molar-refractivity contribution in [1.29, 1.82) is 0 Å². The van der Waals surface area contributed by atoms with Crippen molar-refractivity contribution < 1.29 is 9.18 Å². The number of rotatable bonds is 6. The van der Waals surface area contributed by atoms with E-state index < -0.39 is 11.6 Å². The number of aliphatic imine (C=N–C) groups is 1. The highest BCUT2D eigenvalue weighted by molar-refractivity contribution is 7.64. The third-order valence-electron chi connectivity index (χ3n) is 5.08. The van der Waals surface area contributed by atoms with Gasteiger partial charge < -0.3 is 26.3 Å². The third kappa shape index (κ3) is 3.99. The Labute approximate surface area is 181 Å². The lowest BCUT2D eigenvalue weighted by molar-refractivity contribution is 0.0962. The predicted octanol–water partition coefficient (Wildman–Crippen LogP) is 3.67. The first-order valence-corrected chi connectivity index (χ1v) is 12.0. The van der Waals surface area contributed by atoms with Gasteiger partial charge in [0.1, 0.15) is 11.6 Å². The number of hydrogen-bond donors (Lipinski definition) is 5. The molecule has 0 bridgehead atoms. The number of nitrogens with one attached hydrogen (secondary N) is 5. The van der Waals surface area contributed by atoms with E-state index in [1.807, 2.05) is 24.3 Å². The number of carbonyl (C=O) groups excluding carboxylic acids is 1. The summed E-state index contributed by atoms with van der Waals surface area (Å²) in [5.41, 5.74) is 2.17. The van der Waals surface area contributed by atoms with E-state index in [0.29, 0.717) is 0 Å². The summed E-state index contributed by atoms with van der Waals surface area (Å²) in [7, 11) is 1.13. The van der Waals surface area contributed by atoms with Crippen LogP contribution in [0.2, 0.25) is 0 Å². The molecule has 4 rings (SSSR count). The Morgan fingerprint density at radius 3 is 2.61 bits per heavy atom. The van der Waals surface area contributed by atoms with Crippen LogP contribution in [0.5, 0.6) is 0 Å². The highest BCUT2D eigenvalue weighted by atomic mass is 31.1. The van der Waals surface area contributed by atoms with Gasteiger partial charge in [0, 0.05) is 24.5 Å². The summed E-state index contributed by atoms with van der Waals surface area (Å²) in [6.07, 6.45) is 3.37. The van der Waals surface area contributed by atoms with E-state index in [0.717, 1.165) is 17.1 Å². The third-order valence-corrected chi connectivity index (χ3v) is 6.43. The van der Waals surface area contributed by atoms with Crippen LogP contribution in [0.1, 0.15) is 15.9 Å². The Morgan fingerprint density at radius 2 is 1.87 bits per heavy atom. The van der Waals surface area contributed by atoms with Crippen LogP contribution in [-0.4, -0.2) is 37.6 Å². The maximum absolute atomic E-state index is 15.0. The molecule has 1 amide bonds. The van der Waals surface area contributed by atoms with Crippen LogP contribution in [0.25, 0.3) is 0 Å². The van der Waals surface area contributed by atoms with Crippen molar-refractivity contribution in [3.05, 3.63) is 71.7 Å². The Hall–Kier alpha value is -3.38. The molecule has 0 saturated carbocycles. The minimum absolute atomic E-state index is 0.221. The second kappa shape index (κ2) is 8.40. The lowest BCUT2D eigenvalue weighted by Crippen LogP contribution is -2.45. The highest BCUT2D eigenvalue weighted by Crippen LogP contribution is 2.38. The minimum atomic E-state index is -1.16. The van der Waals surface area contributed by atoms with Crippen LogP contribution < -0.4 is 26.6 Å². The molecule has 1 unspecified atom stereocenters. The minimum Gasteiger partial charge on any atom is -0.355 e. The summed E-state index contributed by atoms with van der Waals surface area (Å²) in [6, 6.07) is 14.3. The lowest BCUT2D eigenvalue weighted by atomic mass is 10.1. The smallest absolute Gasteiger partial charge is 0.251 e. The lowest BCUT2D eigenvalue weighted by Gasteiger charge is -2.36. The second-order valence-electron chi connectivity index (χ2n) is 7.31. The SMILES string of the molecule is CNC(=O)c1ccc(NC2(Nc3ccccc3P(C)C)N=CNc3[nH]ccc32)c(F)c1. The number of nitrogens with zero attached hydrogens (tertiary/aromatic N) is 1. The number of anilines is 3. The molecule has 1 aliphatic heterocycles. The first kappa shape index (κ1) is 20.9. The molecule has 1 aliphatic rings. The molecule has 2 aromatic carbocycles. The van der Waals surface area contributed by atoms with Crippen molar-refractivity contribution >= 4 is 42.7 Å². The molecule has 0 spiro atoms. The molecular weight excluding hydrogens is 414 g/mol. The molecule has 0 radical (unpaired) electrons. The molecular formula is C22H24FN6OP. The quantitative estimate of drug-likeness (QED) is 0.300. The molecule has 9 heteroatoms. The number of amides is 1. The van der Waals surface area contributed by atoms with E-state index in [1.165, 1.54) is 18.4 Å². The number of H-pyrrole nitrogens is 1. The van der Waals surface area contributed by atoms with Crippen LogP contribution in [0, 0.1) is 5.82 Å². The monoisotopic (exact) mass is 438 g/mol. The van der Waals surface area contributed by atoms with Gasteiger partial charge in [-0.1, -0.05) is 26.1 Å². The van der Waals surface area contributed by atoms with Gasteiger partial charge in [-0.2, -0.15) is 0 Å². The number of fused-ring (bicyclic) bond motifs is 1. The summed E-state index contributed by atoms with van der Waals surface area (Å²) in [6.45, 7) is 4.36. The second-order valence-corrected chi connectivity index (χ2v) is 9.59. The van der Waals surface area contributed by atoms with E-state index in [-0.39, 0.29) is 25.1 Å². The Bertz CT molecular complexity index is 1140. The Morgan fingerprint density at radius 1 is 1.10 bits per heavy atom. The number of benzene rings is 2. The number of aromatic amines is 1. The van der Waals surface area contributed by atoms with Gasteiger partial charge in [-0.05, 0) is 49.0 Å². The van der Waals surface area contributed by atoms with E-state index in [1.54, 1.807) is 24.7 Å². The van der Waals surface area contributed by atoms with E-state index in [2.05, 4.69) is 50.6 Å². The maximum atomic E-state index is 15.0. The van der Waals surface area contributed by atoms with Crippen molar-refractivity contribution in [2.24, 2.45) is 4.99 Å². The fraction of sp³-hybridized carbons (Fsp3) is 0.182. The van der Waals surface area contributed by atoms with E-state index >= 15 is 0 Å². The van der Waals surface area contributed by atoms with Crippen LogP contribution in [0.15, 0.2) is 59.7 Å². The summed E-state index contributed by atoms with van der Waals surface area (Å²) in [5, 5.41) is 13.5. The number of halogens is 1. The molecule has 1 atom stereocenters. The average Bonchev–Trinajstić information content (AvgIpc) is 3.25. The average molecular weight is 438 g/mol. The molecule has 0 saturated heterocycles. The topological polar surface area (TPSA) is 93.3 Å². The Kier molecular flexibility index (Phi) is 5.65. The maximum Gasteiger partial charge on any atom is 0.251 e. The van der Waals surface area contributed by atoms with Crippen molar-refractivity contribution in [3.63, 3.8) is 0 Å². The van der Waals surface area contributed by atoms with Crippen LogP contribution in [0.4, 0.5) is 21.6 Å². The van der Waals surface area contributed by atoms with Gasteiger partial charge in [0.15, 0.2) is 0 Å². The van der Waals surface area contributed by atoms with Crippen LogP contribution in [-0.2, 0) is 5.79 Å². The molecule has 31 heavy (non-hydrogen) atoms. The van der Waals surface area contributed by atoms with E-state index in [9.17, 15) is 9.18 Å². The molecule has 2 heterocycles. The molecule has 160 valence electrons. The zero-order chi connectivity index (χ0) is 22.0. The first-order chi connectivity index (χ1) is 14.9. The van der Waals surface area contributed by atoms with Gasteiger partial charge in [-0.15, -0.1) is 0 Å². The highest BCUT2D eigenvalue weighted by Gasteiger charge is 2.38. The Balaban J connectivity index is 1.78. The number of carbonyl (C=O) groups is 1. The van der Waals surface area contributed by atoms with Crippen molar-refractivity contribution in [2.75, 3.05) is 36.3 Å². The van der Waals surface area contributed by atoms with Gasteiger partial charge in [0.25, 0.3) is 5.91 Å². The molecule has 1 aromatic heterocycles. The predicted molar refractivity (Wildman–Crippen MR) is 126 cm³/mol. The van der Waals surface area contributed by atoms with Gasteiger partial charge in [0.2, 0.25) is 5.79 Å². The van der Waals surface area contributed by atoms with Crippen molar-refractivity contribution in [2.45, 2.75) is 5.79 Å². The van der Waals surface area contributed by atoms with Gasteiger partial charge in [-0.3, -0.25) is 4.79 Å². The molecule has 7 nitrogen and oxygen atoms in total. The molecule has 3 aromatic rings. The summed E-state index contributed by atoms with van der Waals surface area (Å²) >= 11 is 0. The summed E-state index contributed by atoms with van der Waals surface area (Å²) in [5.74, 6) is -1.30. The summed E-state index contributed by atoms with van der Waals surface area (Å²) < 4.78 is 15.0. The zero-order valence-corrected chi connectivity index (χ0v) is 18.3. The first-order valence-electron chi connectivity index (χ1n) is 9.76. The number of hydrogen-bond acceptors (Lipinski definition) is 5. The van der Waals surface area contributed by atoms with E-state index in [4.69, 9.17) is 0 Å². The van der Waals surface area contributed by atoms with Crippen LogP contribution in [0.3, 0.4) is 0 Å². The van der Waals surface area contributed by atoms with Gasteiger partial charge in [0.05, 0.1) is 17.6 Å². The fourth-order valence-electron chi connectivity index (χ4n) is 3.55. The van der Waals surface area contributed by atoms with Crippen molar-refractivity contribution in [1.82, 2.24) is 10.3 Å². The van der Waals surface area contributed by atoms with Gasteiger partial charge >= 0.3 is 0 Å². The summed E-state index contributed by atoms with van der Waals surface area (Å²) in [4.78, 5) is 19.7. The number of aromatic nitrogens is 1. The largest absolute Gasteiger partial charge is 0.355 e. The fourth-order valence-corrected chi connectivity index (χ4v) is 4.54. The van der Waals surface area contributed by atoms with Gasteiger partial charge in [-0.25, -0.2) is 9.38 Å². The van der Waals surface area contributed by atoms with Crippen LogP contribution >= 0.6 is 7.92 Å². The molecule has 5 N–H and O–H groups in total. The zero-order valence-electron chi connectivity index (χ0n) is 17.5. The normalized spacial score (nSPS) is 17.1.